The molecule has 0 fully saturated rings. The highest BCUT2D eigenvalue weighted by Gasteiger charge is 2.28. The Morgan fingerprint density at radius 2 is 1.62 bits per heavy atom. The van der Waals surface area contributed by atoms with Crippen molar-refractivity contribution in [3.63, 3.8) is 0 Å². The maximum atomic E-state index is 13.4. The lowest BCUT2D eigenvalue weighted by atomic mass is 10.0. The smallest absolute Gasteiger partial charge is 0.322 e. The second-order valence-electron chi connectivity index (χ2n) is 9.13. The summed E-state index contributed by atoms with van der Waals surface area (Å²) in [6, 6.07) is 22.2. The van der Waals surface area contributed by atoms with E-state index in [-0.39, 0.29) is 34.9 Å². The number of halogens is 1. The molecule has 0 radical (unpaired) electrons. The van der Waals surface area contributed by atoms with E-state index in [1.165, 1.54) is 37.3 Å². The number of hydrazine groups is 1. The summed E-state index contributed by atoms with van der Waals surface area (Å²) in [5, 5.41) is 24.1. The van der Waals surface area contributed by atoms with Crippen molar-refractivity contribution >= 4 is 46.1 Å². The van der Waals surface area contributed by atoms with Crippen LogP contribution in [0.25, 0.3) is 10.8 Å². The number of phenols is 1. The molecule has 9 nitrogen and oxygen atoms in total. The average molecular weight is 560 g/mol. The molecule has 0 saturated heterocycles. The number of nitrogens with zero attached hydrogens (tertiary/aromatic N) is 1. The lowest BCUT2D eigenvalue weighted by Crippen LogP contribution is -2.53. The lowest BCUT2D eigenvalue weighted by Gasteiger charge is -2.24. The Morgan fingerprint density at radius 3 is 2.33 bits per heavy atom. The predicted molar refractivity (Wildman–Crippen MR) is 150 cm³/mol. The van der Waals surface area contributed by atoms with E-state index in [0.717, 1.165) is 10.8 Å². The van der Waals surface area contributed by atoms with Crippen molar-refractivity contribution in [2.45, 2.75) is 25.9 Å². The number of phenolic OH excluding ortho intramolecular Hbond substituents is 1. The molecule has 10 heteroatoms. The number of benzene rings is 4. The fourth-order valence-electron chi connectivity index (χ4n) is 4.00. The third-order valence-corrected chi connectivity index (χ3v) is 6.45. The number of hydrogen-bond donors (Lipinski definition) is 4. The van der Waals surface area contributed by atoms with Gasteiger partial charge in [-0.1, -0.05) is 66.2 Å². The van der Waals surface area contributed by atoms with E-state index in [1.54, 1.807) is 18.2 Å². The highest BCUT2D eigenvalue weighted by Crippen LogP contribution is 2.21. The van der Waals surface area contributed by atoms with Gasteiger partial charge >= 0.3 is 5.97 Å². The van der Waals surface area contributed by atoms with Crippen LogP contribution in [0.5, 0.6) is 5.75 Å². The Kier molecular flexibility index (Phi) is 8.78. The van der Waals surface area contributed by atoms with Gasteiger partial charge in [-0.25, -0.2) is 10.4 Å². The van der Waals surface area contributed by atoms with Crippen molar-refractivity contribution in [2.75, 3.05) is 0 Å². The number of carbonyl (C=O) groups is 4. The van der Waals surface area contributed by atoms with E-state index >= 15 is 0 Å². The average Bonchev–Trinajstić information content (AvgIpc) is 2.94. The molecule has 0 aromatic heterocycles. The standard InChI is InChI=1S/C30H26ClN3O6/c1-18(30(39)40)33-34(27(36)15-19-9-10-21-6-2-3-7-22(21)13-19)29(38)25-12-11-23(16-26(25)31)28(37)32-17-20-5-4-8-24(35)14-20/h2-14,16,18,33,35H,15,17H2,1H3,(H,32,37)(H,39,40)/t18-/m0/s1. The summed E-state index contributed by atoms with van der Waals surface area (Å²) in [6.45, 7) is 1.45. The highest BCUT2D eigenvalue weighted by atomic mass is 35.5. The van der Waals surface area contributed by atoms with Gasteiger partial charge in [-0.2, -0.15) is 0 Å². The van der Waals surface area contributed by atoms with E-state index in [1.807, 2.05) is 36.4 Å². The summed E-state index contributed by atoms with van der Waals surface area (Å²) < 4.78 is 0. The zero-order valence-corrected chi connectivity index (χ0v) is 22.2. The second-order valence-corrected chi connectivity index (χ2v) is 9.54. The number of amides is 3. The fourth-order valence-corrected chi connectivity index (χ4v) is 4.26. The van der Waals surface area contributed by atoms with Gasteiger partial charge in [0, 0.05) is 12.1 Å². The molecule has 0 aliphatic carbocycles. The van der Waals surface area contributed by atoms with Gasteiger partial charge in [0.15, 0.2) is 0 Å². The molecule has 0 bridgehead atoms. The molecule has 4 aromatic carbocycles. The Labute approximate surface area is 235 Å². The molecule has 3 amide bonds. The summed E-state index contributed by atoms with van der Waals surface area (Å²) in [5.74, 6) is -3.21. The van der Waals surface area contributed by atoms with Crippen molar-refractivity contribution in [1.29, 1.82) is 0 Å². The van der Waals surface area contributed by atoms with E-state index in [2.05, 4.69) is 10.7 Å². The van der Waals surface area contributed by atoms with Gasteiger partial charge in [0.2, 0.25) is 5.91 Å². The number of aliphatic carboxylic acids is 1. The van der Waals surface area contributed by atoms with Crippen LogP contribution in [0, 0.1) is 0 Å². The third kappa shape index (κ3) is 6.82. The minimum atomic E-state index is -1.26. The summed E-state index contributed by atoms with van der Waals surface area (Å²) in [4.78, 5) is 50.8. The van der Waals surface area contributed by atoms with Gasteiger partial charge in [-0.3, -0.25) is 19.2 Å². The number of hydrogen-bond acceptors (Lipinski definition) is 6. The Balaban J connectivity index is 1.53. The van der Waals surface area contributed by atoms with Gasteiger partial charge < -0.3 is 15.5 Å². The molecule has 0 spiro atoms. The van der Waals surface area contributed by atoms with Crippen molar-refractivity contribution < 1.29 is 29.4 Å². The zero-order chi connectivity index (χ0) is 28.8. The maximum Gasteiger partial charge on any atom is 0.322 e. The minimum absolute atomic E-state index is 0.0724. The Morgan fingerprint density at radius 1 is 0.875 bits per heavy atom. The van der Waals surface area contributed by atoms with Crippen LogP contribution < -0.4 is 10.7 Å². The number of carboxylic acids is 1. The van der Waals surface area contributed by atoms with Crippen LogP contribution in [0.3, 0.4) is 0 Å². The molecule has 4 N–H and O–H groups in total. The molecule has 204 valence electrons. The topological polar surface area (TPSA) is 136 Å². The number of nitrogens with one attached hydrogen (secondary N) is 2. The normalized spacial score (nSPS) is 11.6. The van der Waals surface area contributed by atoms with Gasteiger partial charge in [-0.15, -0.1) is 0 Å². The molecule has 0 saturated carbocycles. The van der Waals surface area contributed by atoms with Crippen LogP contribution in [0.2, 0.25) is 5.02 Å². The summed E-state index contributed by atoms with van der Waals surface area (Å²) in [5.41, 5.74) is 3.85. The lowest BCUT2D eigenvalue weighted by molar-refractivity contribution is -0.141. The molecular weight excluding hydrogens is 534 g/mol. The number of imide groups is 1. The van der Waals surface area contributed by atoms with Crippen LogP contribution in [0.15, 0.2) is 84.9 Å². The second kappa shape index (κ2) is 12.4. The first kappa shape index (κ1) is 28.3. The van der Waals surface area contributed by atoms with Crippen LogP contribution in [0.4, 0.5) is 0 Å². The SMILES string of the molecule is C[C@H](NN(C(=O)Cc1ccc2ccccc2c1)C(=O)c1ccc(C(=O)NCc2cccc(O)c2)cc1Cl)C(=O)O. The van der Waals surface area contributed by atoms with Gasteiger partial charge in [-0.05, 0) is 59.2 Å². The number of carbonyl (C=O) groups excluding carboxylic acids is 3. The van der Waals surface area contributed by atoms with Crippen LogP contribution in [-0.2, 0) is 22.6 Å². The van der Waals surface area contributed by atoms with Crippen molar-refractivity contribution in [1.82, 2.24) is 15.8 Å². The molecule has 4 aromatic rings. The first-order chi connectivity index (χ1) is 19.1. The molecule has 0 heterocycles. The van der Waals surface area contributed by atoms with Gasteiger partial charge in [0.05, 0.1) is 17.0 Å². The van der Waals surface area contributed by atoms with E-state index in [4.69, 9.17) is 11.6 Å². The number of rotatable bonds is 9. The number of aromatic hydroxyl groups is 1. The molecule has 0 aliphatic heterocycles. The maximum absolute atomic E-state index is 13.4. The van der Waals surface area contributed by atoms with Crippen LogP contribution >= 0.6 is 11.6 Å². The van der Waals surface area contributed by atoms with E-state index in [0.29, 0.717) is 16.1 Å². The van der Waals surface area contributed by atoms with Gasteiger partial charge in [0.25, 0.3) is 11.8 Å². The Bertz CT molecular complexity index is 1610. The quantitative estimate of drug-likeness (QED) is 0.224. The molecular formula is C30H26ClN3O6. The van der Waals surface area contributed by atoms with E-state index < -0.39 is 29.7 Å². The van der Waals surface area contributed by atoms with E-state index in [9.17, 15) is 29.4 Å². The monoisotopic (exact) mass is 559 g/mol. The number of carboxylic acid groups (broad SMARTS) is 1. The minimum Gasteiger partial charge on any atom is -0.508 e. The third-order valence-electron chi connectivity index (χ3n) is 6.14. The zero-order valence-electron chi connectivity index (χ0n) is 21.4. The largest absolute Gasteiger partial charge is 0.508 e. The molecule has 1 atom stereocenters. The first-order valence-corrected chi connectivity index (χ1v) is 12.7. The van der Waals surface area contributed by atoms with Crippen molar-refractivity contribution in [3.8, 4) is 5.75 Å². The summed E-state index contributed by atoms with van der Waals surface area (Å²) in [6.07, 6.45) is -0.178. The molecule has 4 rings (SSSR count). The number of fused-ring (bicyclic) bond motifs is 1. The van der Waals surface area contributed by atoms with Crippen LogP contribution in [-0.4, -0.2) is 45.0 Å². The van der Waals surface area contributed by atoms with Crippen molar-refractivity contribution in [3.05, 3.63) is 112 Å². The Hall–Kier alpha value is -4.73. The van der Waals surface area contributed by atoms with Crippen molar-refractivity contribution in [2.24, 2.45) is 0 Å². The molecule has 40 heavy (non-hydrogen) atoms. The molecule has 0 aliphatic rings. The van der Waals surface area contributed by atoms with Crippen LogP contribution in [0.1, 0.15) is 38.8 Å². The fraction of sp³-hybridized carbons (Fsp3) is 0.133. The summed E-state index contributed by atoms with van der Waals surface area (Å²) in [7, 11) is 0. The predicted octanol–water partition coefficient (Wildman–Crippen LogP) is 4.32. The highest BCUT2D eigenvalue weighted by molar-refractivity contribution is 6.34. The van der Waals surface area contributed by atoms with Gasteiger partial charge in [0.1, 0.15) is 11.8 Å². The summed E-state index contributed by atoms with van der Waals surface area (Å²) >= 11 is 6.36. The molecule has 0 unspecified atom stereocenters. The first-order valence-electron chi connectivity index (χ1n) is 12.3.